The summed E-state index contributed by atoms with van der Waals surface area (Å²) < 4.78 is 5.33. The third-order valence-corrected chi connectivity index (χ3v) is 4.55. The number of aromatic nitrogens is 2. The molecule has 2 fully saturated rings. The highest BCUT2D eigenvalue weighted by Gasteiger charge is 2.30. The molecular formula is C16H25N5O2. The average Bonchev–Trinajstić information content (AvgIpc) is 3.06. The van der Waals surface area contributed by atoms with E-state index in [0.717, 1.165) is 57.2 Å². The van der Waals surface area contributed by atoms with E-state index in [-0.39, 0.29) is 17.9 Å². The van der Waals surface area contributed by atoms with Crippen LogP contribution >= 0.6 is 0 Å². The molecule has 2 saturated heterocycles. The van der Waals surface area contributed by atoms with Gasteiger partial charge in [-0.05, 0) is 19.3 Å². The van der Waals surface area contributed by atoms with Crippen molar-refractivity contribution in [2.75, 3.05) is 50.2 Å². The van der Waals surface area contributed by atoms with E-state index in [1.54, 1.807) is 6.33 Å². The summed E-state index contributed by atoms with van der Waals surface area (Å²) >= 11 is 0. The zero-order chi connectivity index (χ0) is 16.2. The molecule has 2 aliphatic heterocycles. The van der Waals surface area contributed by atoms with Crippen molar-refractivity contribution >= 4 is 17.5 Å². The van der Waals surface area contributed by atoms with Gasteiger partial charge in [-0.2, -0.15) is 0 Å². The van der Waals surface area contributed by atoms with Crippen molar-refractivity contribution in [3.8, 4) is 0 Å². The van der Waals surface area contributed by atoms with Crippen LogP contribution < -0.4 is 15.1 Å². The predicted octanol–water partition coefficient (Wildman–Crippen LogP) is 0.664. The van der Waals surface area contributed by atoms with E-state index in [0.29, 0.717) is 0 Å². The topological polar surface area (TPSA) is 70.6 Å². The Morgan fingerprint density at radius 1 is 1.30 bits per heavy atom. The van der Waals surface area contributed by atoms with Gasteiger partial charge in [0.15, 0.2) is 0 Å². The highest BCUT2D eigenvalue weighted by Crippen LogP contribution is 2.24. The molecule has 0 radical (unpaired) electrons. The maximum absolute atomic E-state index is 12.4. The minimum atomic E-state index is 0.0376. The summed E-state index contributed by atoms with van der Waals surface area (Å²) in [6.45, 7) is 3.07. The smallest absolute Gasteiger partial charge is 0.225 e. The zero-order valence-corrected chi connectivity index (χ0v) is 13.9. The molecule has 2 aliphatic rings. The van der Waals surface area contributed by atoms with Crippen molar-refractivity contribution in [2.45, 2.75) is 25.3 Å². The summed E-state index contributed by atoms with van der Waals surface area (Å²) in [5.41, 5.74) is 0. The van der Waals surface area contributed by atoms with Crippen LogP contribution in [0.1, 0.15) is 19.3 Å². The quantitative estimate of drug-likeness (QED) is 0.879. The Bertz CT molecular complexity index is 545. The number of hydrogen-bond acceptors (Lipinski definition) is 6. The fourth-order valence-corrected chi connectivity index (χ4v) is 3.10. The molecule has 0 bridgehead atoms. The monoisotopic (exact) mass is 319 g/mol. The van der Waals surface area contributed by atoms with E-state index in [4.69, 9.17) is 4.74 Å². The van der Waals surface area contributed by atoms with Crippen LogP contribution in [0.5, 0.6) is 0 Å². The molecule has 1 N–H and O–H groups in total. The first-order chi connectivity index (χ1) is 11.1. The molecule has 3 rings (SSSR count). The average molecular weight is 319 g/mol. The van der Waals surface area contributed by atoms with Crippen LogP contribution in [0.3, 0.4) is 0 Å². The summed E-state index contributed by atoms with van der Waals surface area (Å²) in [6, 6.07) is 2.24. The first-order valence-electron chi connectivity index (χ1n) is 8.26. The van der Waals surface area contributed by atoms with Gasteiger partial charge >= 0.3 is 0 Å². The van der Waals surface area contributed by atoms with Crippen LogP contribution in [0.25, 0.3) is 0 Å². The minimum absolute atomic E-state index is 0.0376. The molecule has 7 heteroatoms. The van der Waals surface area contributed by atoms with Gasteiger partial charge in [-0.15, -0.1) is 0 Å². The van der Waals surface area contributed by atoms with Gasteiger partial charge in [0.2, 0.25) is 5.91 Å². The molecule has 0 spiro atoms. The second-order valence-corrected chi connectivity index (χ2v) is 6.46. The molecule has 1 amide bonds. The summed E-state index contributed by atoms with van der Waals surface area (Å²) in [6.07, 6.45) is 4.29. The second kappa shape index (κ2) is 7.12. The highest BCUT2D eigenvalue weighted by atomic mass is 16.5. The molecule has 7 nitrogen and oxygen atoms in total. The second-order valence-electron chi connectivity index (χ2n) is 6.46. The van der Waals surface area contributed by atoms with Crippen molar-refractivity contribution in [3.05, 3.63) is 12.4 Å². The summed E-state index contributed by atoms with van der Waals surface area (Å²) in [5, 5.41) is 3.18. The molecule has 3 heterocycles. The van der Waals surface area contributed by atoms with Crippen LogP contribution in [0, 0.1) is 5.92 Å². The Labute approximate surface area is 137 Å². The lowest BCUT2D eigenvalue weighted by atomic mass is 10.1. The van der Waals surface area contributed by atoms with Crippen molar-refractivity contribution in [1.29, 1.82) is 0 Å². The molecule has 126 valence electrons. The SMILES string of the molecule is CN(C)c1cc(N2CCC(C(=O)NC3CCOCC3)C2)ncn1. The predicted molar refractivity (Wildman–Crippen MR) is 88.7 cm³/mol. The van der Waals surface area contributed by atoms with E-state index in [2.05, 4.69) is 20.2 Å². The molecule has 23 heavy (non-hydrogen) atoms. The van der Waals surface area contributed by atoms with E-state index in [1.807, 2.05) is 25.1 Å². The zero-order valence-electron chi connectivity index (χ0n) is 13.9. The molecular weight excluding hydrogens is 294 g/mol. The first-order valence-corrected chi connectivity index (χ1v) is 8.26. The summed E-state index contributed by atoms with van der Waals surface area (Å²) in [5.74, 6) is 1.98. The van der Waals surface area contributed by atoms with Gasteiger partial charge in [0.25, 0.3) is 0 Å². The number of hydrogen-bond donors (Lipinski definition) is 1. The van der Waals surface area contributed by atoms with Crippen LogP contribution in [-0.2, 0) is 9.53 Å². The number of ether oxygens (including phenoxy) is 1. The number of carbonyl (C=O) groups is 1. The first kappa shape index (κ1) is 16.0. The van der Waals surface area contributed by atoms with Crippen molar-refractivity contribution < 1.29 is 9.53 Å². The van der Waals surface area contributed by atoms with E-state index in [1.165, 1.54) is 0 Å². The standard InChI is InChI=1S/C16H25N5O2/c1-20(2)14-9-15(18-11-17-14)21-6-3-12(10-21)16(22)19-13-4-7-23-8-5-13/h9,11-13H,3-8,10H2,1-2H3,(H,19,22). The molecule has 0 aromatic carbocycles. The Morgan fingerprint density at radius 2 is 2.09 bits per heavy atom. The maximum Gasteiger partial charge on any atom is 0.225 e. The summed E-state index contributed by atoms with van der Waals surface area (Å²) in [7, 11) is 3.92. The maximum atomic E-state index is 12.4. The highest BCUT2D eigenvalue weighted by molar-refractivity contribution is 5.80. The molecule has 1 unspecified atom stereocenters. The van der Waals surface area contributed by atoms with Crippen molar-refractivity contribution in [1.82, 2.24) is 15.3 Å². The van der Waals surface area contributed by atoms with Gasteiger partial charge in [-0.3, -0.25) is 4.79 Å². The summed E-state index contributed by atoms with van der Waals surface area (Å²) in [4.78, 5) is 25.2. The number of nitrogens with one attached hydrogen (secondary N) is 1. The number of amides is 1. The fraction of sp³-hybridized carbons (Fsp3) is 0.688. The van der Waals surface area contributed by atoms with E-state index < -0.39 is 0 Å². The molecule has 1 atom stereocenters. The van der Waals surface area contributed by atoms with Gasteiger partial charge in [0.1, 0.15) is 18.0 Å². The number of carbonyl (C=O) groups excluding carboxylic acids is 1. The molecule has 0 aliphatic carbocycles. The molecule has 0 saturated carbocycles. The Hall–Kier alpha value is -1.89. The number of nitrogens with zero attached hydrogens (tertiary/aromatic N) is 4. The lowest BCUT2D eigenvalue weighted by molar-refractivity contribution is -0.125. The van der Waals surface area contributed by atoms with Crippen LogP contribution in [0.2, 0.25) is 0 Å². The van der Waals surface area contributed by atoms with Gasteiger partial charge in [0, 0.05) is 52.5 Å². The molecule has 1 aromatic rings. The Kier molecular flexibility index (Phi) is 4.95. The van der Waals surface area contributed by atoms with Gasteiger partial charge in [-0.25, -0.2) is 9.97 Å². The van der Waals surface area contributed by atoms with Gasteiger partial charge < -0.3 is 19.9 Å². The van der Waals surface area contributed by atoms with Crippen molar-refractivity contribution in [3.63, 3.8) is 0 Å². The van der Waals surface area contributed by atoms with Crippen LogP contribution in [0.15, 0.2) is 12.4 Å². The van der Waals surface area contributed by atoms with E-state index >= 15 is 0 Å². The number of rotatable bonds is 4. The largest absolute Gasteiger partial charge is 0.381 e. The van der Waals surface area contributed by atoms with Crippen molar-refractivity contribution in [2.24, 2.45) is 5.92 Å². The third-order valence-electron chi connectivity index (χ3n) is 4.55. The number of anilines is 2. The third kappa shape index (κ3) is 3.90. The fourth-order valence-electron chi connectivity index (χ4n) is 3.10. The normalized spacial score (nSPS) is 22.2. The van der Waals surface area contributed by atoms with Crippen LogP contribution in [0.4, 0.5) is 11.6 Å². The lowest BCUT2D eigenvalue weighted by Gasteiger charge is -2.24. The van der Waals surface area contributed by atoms with E-state index in [9.17, 15) is 4.79 Å². The van der Waals surface area contributed by atoms with Gasteiger partial charge in [0.05, 0.1) is 5.92 Å². The lowest BCUT2D eigenvalue weighted by Crippen LogP contribution is -2.42. The van der Waals surface area contributed by atoms with Crippen LogP contribution in [-0.4, -0.2) is 62.3 Å². The Morgan fingerprint density at radius 3 is 2.83 bits per heavy atom. The van der Waals surface area contributed by atoms with Gasteiger partial charge in [-0.1, -0.05) is 0 Å². The Balaban J connectivity index is 1.57. The molecule has 1 aromatic heterocycles. The minimum Gasteiger partial charge on any atom is -0.381 e.